The first kappa shape index (κ1) is 13.9. The summed E-state index contributed by atoms with van der Waals surface area (Å²) in [7, 11) is 0. The molecule has 112 valence electrons. The van der Waals surface area contributed by atoms with Crippen LogP contribution < -0.4 is 11.1 Å². The second-order valence-corrected chi connectivity index (χ2v) is 5.97. The Morgan fingerprint density at radius 2 is 1.76 bits per heavy atom. The molecule has 1 saturated carbocycles. The molecule has 0 aromatic heterocycles. The lowest BCUT2D eigenvalue weighted by atomic mass is 9.95. The maximum atomic E-state index is 12.4. The van der Waals surface area contributed by atoms with Crippen molar-refractivity contribution >= 4 is 17.5 Å². The Morgan fingerprint density at radius 3 is 2.33 bits per heavy atom. The van der Waals surface area contributed by atoms with E-state index < -0.39 is 5.41 Å². The molecule has 2 fully saturated rings. The third-order valence-electron chi connectivity index (χ3n) is 4.51. The van der Waals surface area contributed by atoms with Gasteiger partial charge in [-0.15, -0.1) is 0 Å². The molecule has 1 aliphatic heterocycles. The summed E-state index contributed by atoms with van der Waals surface area (Å²) < 4.78 is 0. The van der Waals surface area contributed by atoms with Crippen LogP contribution >= 0.6 is 0 Å². The van der Waals surface area contributed by atoms with E-state index in [0.717, 1.165) is 44.3 Å². The molecule has 1 saturated heterocycles. The number of likely N-dealkylation sites (tertiary alicyclic amines) is 1. The van der Waals surface area contributed by atoms with Crippen LogP contribution in [0.2, 0.25) is 0 Å². The summed E-state index contributed by atoms with van der Waals surface area (Å²) in [5.41, 5.74) is 6.92. The maximum Gasteiger partial charge on any atom is 0.241 e. The van der Waals surface area contributed by atoms with Gasteiger partial charge in [-0.05, 0) is 43.4 Å². The molecule has 5 heteroatoms. The molecule has 21 heavy (non-hydrogen) atoms. The summed E-state index contributed by atoms with van der Waals surface area (Å²) in [5.74, 6) is -0.0197. The molecule has 0 unspecified atom stereocenters. The number of rotatable bonds is 4. The fraction of sp³-hybridized carbons (Fsp3) is 0.500. The smallest absolute Gasteiger partial charge is 0.241 e. The Labute approximate surface area is 124 Å². The van der Waals surface area contributed by atoms with Crippen molar-refractivity contribution < 1.29 is 9.59 Å². The van der Waals surface area contributed by atoms with E-state index in [2.05, 4.69) is 5.32 Å². The summed E-state index contributed by atoms with van der Waals surface area (Å²) in [6.07, 6.45) is 3.80. The number of hydrogen-bond acceptors (Lipinski definition) is 3. The SMILES string of the molecule is Nc1ccc(C2(C(=O)NCC(=O)N3CCCC3)CC2)cc1. The first-order valence-corrected chi connectivity index (χ1v) is 7.54. The van der Waals surface area contributed by atoms with Crippen LogP contribution in [0.25, 0.3) is 0 Å². The van der Waals surface area contributed by atoms with Gasteiger partial charge in [0.1, 0.15) is 0 Å². The van der Waals surface area contributed by atoms with Gasteiger partial charge in [-0.3, -0.25) is 9.59 Å². The number of nitrogens with one attached hydrogen (secondary N) is 1. The van der Waals surface area contributed by atoms with Crippen molar-refractivity contribution in [1.29, 1.82) is 0 Å². The summed E-state index contributed by atoms with van der Waals surface area (Å²) in [4.78, 5) is 26.2. The van der Waals surface area contributed by atoms with Crippen LogP contribution in [-0.2, 0) is 15.0 Å². The minimum Gasteiger partial charge on any atom is -0.399 e. The monoisotopic (exact) mass is 287 g/mol. The molecular weight excluding hydrogens is 266 g/mol. The molecule has 3 rings (SSSR count). The largest absolute Gasteiger partial charge is 0.399 e. The topological polar surface area (TPSA) is 75.4 Å². The predicted molar refractivity (Wildman–Crippen MR) is 80.6 cm³/mol. The molecule has 1 aromatic carbocycles. The third kappa shape index (κ3) is 2.73. The molecule has 5 nitrogen and oxygen atoms in total. The van der Waals surface area contributed by atoms with E-state index in [1.165, 1.54) is 0 Å². The van der Waals surface area contributed by atoms with Crippen LogP contribution in [0.3, 0.4) is 0 Å². The number of benzene rings is 1. The van der Waals surface area contributed by atoms with Crippen LogP contribution in [0, 0.1) is 0 Å². The number of anilines is 1. The zero-order valence-electron chi connectivity index (χ0n) is 12.1. The molecule has 0 bridgehead atoms. The minimum absolute atomic E-state index is 0.0222. The molecule has 1 aromatic rings. The van der Waals surface area contributed by atoms with Gasteiger partial charge in [0.05, 0.1) is 12.0 Å². The molecule has 0 spiro atoms. The van der Waals surface area contributed by atoms with Crippen molar-refractivity contribution in [3.63, 3.8) is 0 Å². The van der Waals surface area contributed by atoms with Gasteiger partial charge < -0.3 is 16.0 Å². The van der Waals surface area contributed by atoms with Crippen LogP contribution in [-0.4, -0.2) is 36.3 Å². The van der Waals surface area contributed by atoms with Gasteiger partial charge in [-0.1, -0.05) is 12.1 Å². The zero-order valence-corrected chi connectivity index (χ0v) is 12.1. The van der Waals surface area contributed by atoms with E-state index in [9.17, 15) is 9.59 Å². The first-order chi connectivity index (χ1) is 10.1. The second kappa shape index (κ2) is 5.39. The van der Waals surface area contributed by atoms with Crippen molar-refractivity contribution in [3.8, 4) is 0 Å². The maximum absolute atomic E-state index is 12.4. The lowest BCUT2D eigenvalue weighted by molar-refractivity contribution is -0.132. The number of hydrogen-bond donors (Lipinski definition) is 2. The van der Waals surface area contributed by atoms with Crippen LogP contribution in [0.1, 0.15) is 31.2 Å². The molecular formula is C16H21N3O2. The van der Waals surface area contributed by atoms with Gasteiger partial charge >= 0.3 is 0 Å². The average Bonchev–Trinajstić information content (AvgIpc) is 3.11. The van der Waals surface area contributed by atoms with Crippen molar-refractivity contribution in [2.24, 2.45) is 0 Å². The van der Waals surface area contributed by atoms with Gasteiger partial charge in [0.25, 0.3) is 0 Å². The van der Waals surface area contributed by atoms with Crippen molar-refractivity contribution in [1.82, 2.24) is 10.2 Å². The van der Waals surface area contributed by atoms with Crippen LogP contribution in [0.15, 0.2) is 24.3 Å². The second-order valence-electron chi connectivity index (χ2n) is 5.97. The molecule has 2 aliphatic rings. The average molecular weight is 287 g/mol. The van der Waals surface area contributed by atoms with E-state index in [1.807, 2.05) is 29.2 Å². The highest BCUT2D eigenvalue weighted by Gasteiger charge is 2.51. The van der Waals surface area contributed by atoms with E-state index in [1.54, 1.807) is 0 Å². The van der Waals surface area contributed by atoms with Crippen LogP contribution in [0.5, 0.6) is 0 Å². The fourth-order valence-corrected chi connectivity index (χ4v) is 2.98. The van der Waals surface area contributed by atoms with Gasteiger partial charge in [-0.25, -0.2) is 0 Å². The Morgan fingerprint density at radius 1 is 1.14 bits per heavy atom. The lowest BCUT2D eigenvalue weighted by Gasteiger charge is -2.19. The number of nitrogens with zero attached hydrogens (tertiary/aromatic N) is 1. The highest BCUT2D eigenvalue weighted by Crippen LogP contribution is 2.48. The molecule has 3 N–H and O–H groups in total. The number of carbonyl (C=O) groups excluding carboxylic acids is 2. The number of nitrogen functional groups attached to an aromatic ring is 1. The summed E-state index contributed by atoms with van der Waals surface area (Å²) in [5, 5.41) is 2.81. The summed E-state index contributed by atoms with van der Waals surface area (Å²) in [6.45, 7) is 1.74. The number of carbonyl (C=O) groups is 2. The number of amides is 2. The number of nitrogens with two attached hydrogens (primary N) is 1. The standard InChI is InChI=1S/C16H21N3O2/c17-13-5-3-12(4-6-13)16(7-8-16)15(21)18-11-14(20)19-9-1-2-10-19/h3-6H,1-2,7-11,17H2,(H,18,21). The minimum atomic E-state index is -0.445. The molecule has 0 radical (unpaired) electrons. The quantitative estimate of drug-likeness (QED) is 0.812. The highest BCUT2D eigenvalue weighted by atomic mass is 16.2. The molecule has 1 aliphatic carbocycles. The molecule has 2 amide bonds. The Bertz CT molecular complexity index is 543. The Kier molecular flexibility index (Phi) is 3.57. The van der Waals surface area contributed by atoms with E-state index in [0.29, 0.717) is 5.69 Å². The first-order valence-electron chi connectivity index (χ1n) is 7.54. The predicted octanol–water partition coefficient (Wildman–Crippen LogP) is 1.04. The Hall–Kier alpha value is -2.04. The summed E-state index contributed by atoms with van der Waals surface area (Å²) in [6, 6.07) is 7.45. The van der Waals surface area contributed by atoms with E-state index >= 15 is 0 Å². The van der Waals surface area contributed by atoms with Crippen molar-refractivity contribution in [2.75, 3.05) is 25.4 Å². The van der Waals surface area contributed by atoms with Crippen molar-refractivity contribution in [2.45, 2.75) is 31.1 Å². The molecule has 0 atom stereocenters. The van der Waals surface area contributed by atoms with E-state index in [4.69, 9.17) is 5.73 Å². The summed E-state index contributed by atoms with van der Waals surface area (Å²) >= 11 is 0. The lowest BCUT2D eigenvalue weighted by Crippen LogP contribution is -2.42. The highest BCUT2D eigenvalue weighted by molar-refractivity contribution is 5.94. The normalized spacial score (nSPS) is 19.3. The third-order valence-corrected chi connectivity index (χ3v) is 4.51. The van der Waals surface area contributed by atoms with Gasteiger partial charge in [0, 0.05) is 18.8 Å². The van der Waals surface area contributed by atoms with E-state index in [-0.39, 0.29) is 18.4 Å². The van der Waals surface area contributed by atoms with Gasteiger partial charge in [-0.2, -0.15) is 0 Å². The van der Waals surface area contributed by atoms with Crippen molar-refractivity contribution in [3.05, 3.63) is 29.8 Å². The van der Waals surface area contributed by atoms with Crippen LogP contribution in [0.4, 0.5) is 5.69 Å². The van der Waals surface area contributed by atoms with Gasteiger partial charge in [0.15, 0.2) is 0 Å². The molecule has 1 heterocycles. The zero-order chi connectivity index (χ0) is 14.9. The fourth-order valence-electron chi connectivity index (χ4n) is 2.98. The Balaban J connectivity index is 1.60. The van der Waals surface area contributed by atoms with Gasteiger partial charge in [0.2, 0.25) is 11.8 Å².